The number of hydrogen-bond acceptors (Lipinski definition) is 6. The SMILES string of the molecule is CCNC(=O)Nc1nc2cc(-c3cnc(C(C)(C)O)nc3)cc(Br)c2s1. The molecule has 0 unspecified atom stereocenters. The van der Waals surface area contributed by atoms with Crippen molar-refractivity contribution in [2.75, 3.05) is 11.9 Å². The van der Waals surface area contributed by atoms with Crippen LogP contribution in [0.1, 0.15) is 26.6 Å². The number of aliphatic hydroxyl groups is 1. The van der Waals surface area contributed by atoms with Crippen LogP contribution in [0.5, 0.6) is 0 Å². The molecule has 0 bridgehead atoms. The lowest BCUT2D eigenvalue weighted by Crippen LogP contribution is -2.28. The van der Waals surface area contributed by atoms with Crippen molar-refractivity contribution in [1.29, 1.82) is 0 Å². The number of anilines is 1. The Morgan fingerprint density at radius 1 is 1.27 bits per heavy atom. The number of nitrogens with one attached hydrogen (secondary N) is 2. The fourth-order valence-electron chi connectivity index (χ4n) is 2.31. The zero-order chi connectivity index (χ0) is 18.9. The number of amides is 2. The van der Waals surface area contributed by atoms with E-state index in [0.29, 0.717) is 17.5 Å². The summed E-state index contributed by atoms with van der Waals surface area (Å²) in [5.41, 5.74) is 1.38. The van der Waals surface area contributed by atoms with Gasteiger partial charge in [-0.1, -0.05) is 11.3 Å². The summed E-state index contributed by atoms with van der Waals surface area (Å²) in [7, 11) is 0. The molecule has 0 spiro atoms. The monoisotopic (exact) mass is 435 g/mol. The third-order valence-corrected chi connectivity index (χ3v) is 5.44. The number of carbonyl (C=O) groups is 1. The molecule has 1 aromatic carbocycles. The van der Waals surface area contributed by atoms with E-state index >= 15 is 0 Å². The molecule has 3 rings (SSSR count). The van der Waals surface area contributed by atoms with E-state index in [1.807, 2.05) is 19.1 Å². The Kier molecular flexibility index (Phi) is 5.22. The average molecular weight is 436 g/mol. The predicted octanol–water partition coefficient (Wildman–Crippen LogP) is 3.88. The summed E-state index contributed by atoms with van der Waals surface area (Å²) >= 11 is 4.96. The molecule has 26 heavy (non-hydrogen) atoms. The summed E-state index contributed by atoms with van der Waals surface area (Å²) in [6.45, 7) is 5.68. The van der Waals surface area contributed by atoms with Gasteiger partial charge in [0.15, 0.2) is 11.0 Å². The maximum absolute atomic E-state index is 11.7. The molecule has 0 saturated carbocycles. The molecule has 2 amide bonds. The number of fused-ring (bicyclic) bond motifs is 1. The van der Waals surface area contributed by atoms with Gasteiger partial charge in [-0.15, -0.1) is 0 Å². The molecule has 0 saturated heterocycles. The van der Waals surface area contributed by atoms with Crippen molar-refractivity contribution >= 4 is 48.6 Å². The third-order valence-electron chi connectivity index (χ3n) is 3.53. The highest BCUT2D eigenvalue weighted by molar-refractivity contribution is 9.10. The lowest BCUT2D eigenvalue weighted by molar-refractivity contribution is 0.0687. The number of rotatable bonds is 4. The van der Waals surface area contributed by atoms with E-state index < -0.39 is 5.60 Å². The molecule has 0 atom stereocenters. The zero-order valence-electron chi connectivity index (χ0n) is 14.5. The fraction of sp³-hybridized carbons (Fsp3) is 0.294. The van der Waals surface area contributed by atoms with E-state index in [-0.39, 0.29) is 6.03 Å². The minimum absolute atomic E-state index is 0.279. The van der Waals surface area contributed by atoms with Gasteiger partial charge in [-0.25, -0.2) is 19.7 Å². The fourth-order valence-corrected chi connectivity index (χ4v) is 3.85. The number of urea groups is 1. The van der Waals surface area contributed by atoms with Crippen LogP contribution in [0, 0.1) is 0 Å². The van der Waals surface area contributed by atoms with Crippen LogP contribution in [0.25, 0.3) is 21.3 Å². The highest BCUT2D eigenvalue weighted by Crippen LogP contribution is 2.36. The number of carbonyl (C=O) groups excluding carboxylic acids is 1. The number of benzene rings is 1. The minimum atomic E-state index is -1.09. The van der Waals surface area contributed by atoms with Crippen LogP contribution in [0.4, 0.5) is 9.93 Å². The van der Waals surface area contributed by atoms with E-state index in [2.05, 4.69) is 41.5 Å². The summed E-state index contributed by atoms with van der Waals surface area (Å²) in [6, 6.07) is 3.60. The minimum Gasteiger partial charge on any atom is -0.382 e. The van der Waals surface area contributed by atoms with Crippen molar-refractivity contribution in [1.82, 2.24) is 20.3 Å². The zero-order valence-corrected chi connectivity index (χ0v) is 16.9. The van der Waals surface area contributed by atoms with E-state index in [0.717, 1.165) is 25.8 Å². The van der Waals surface area contributed by atoms with Gasteiger partial charge in [0.1, 0.15) is 5.60 Å². The van der Waals surface area contributed by atoms with E-state index in [9.17, 15) is 9.90 Å². The molecular formula is C17H18BrN5O2S. The first-order valence-corrected chi connectivity index (χ1v) is 9.59. The Bertz CT molecular complexity index is 950. The molecule has 0 fully saturated rings. The molecule has 0 aliphatic rings. The Hall–Kier alpha value is -2.10. The van der Waals surface area contributed by atoms with Gasteiger partial charge in [-0.2, -0.15) is 0 Å². The van der Waals surface area contributed by atoms with Gasteiger partial charge in [0, 0.05) is 29.0 Å². The van der Waals surface area contributed by atoms with Gasteiger partial charge in [0.05, 0.1) is 10.2 Å². The Labute approximate surface area is 163 Å². The second kappa shape index (κ2) is 7.26. The molecular weight excluding hydrogens is 418 g/mol. The van der Waals surface area contributed by atoms with Crippen molar-refractivity contribution in [2.24, 2.45) is 0 Å². The van der Waals surface area contributed by atoms with Crippen LogP contribution in [0.2, 0.25) is 0 Å². The normalized spacial score (nSPS) is 11.6. The largest absolute Gasteiger partial charge is 0.382 e. The van der Waals surface area contributed by atoms with Crippen molar-refractivity contribution < 1.29 is 9.90 Å². The molecule has 0 aliphatic heterocycles. The first-order chi connectivity index (χ1) is 12.3. The Morgan fingerprint density at radius 3 is 2.58 bits per heavy atom. The first kappa shape index (κ1) is 18.7. The Balaban J connectivity index is 1.94. The van der Waals surface area contributed by atoms with Crippen LogP contribution >= 0.6 is 27.3 Å². The molecule has 2 aromatic heterocycles. The van der Waals surface area contributed by atoms with Crippen LogP contribution in [-0.2, 0) is 5.60 Å². The van der Waals surface area contributed by atoms with Gasteiger partial charge in [0.2, 0.25) is 0 Å². The van der Waals surface area contributed by atoms with E-state index in [1.165, 1.54) is 11.3 Å². The second-order valence-electron chi connectivity index (χ2n) is 6.16. The van der Waals surface area contributed by atoms with Gasteiger partial charge in [0.25, 0.3) is 0 Å². The van der Waals surface area contributed by atoms with Crippen molar-refractivity contribution in [3.05, 3.63) is 34.8 Å². The lowest BCUT2D eigenvalue weighted by Gasteiger charge is -2.15. The van der Waals surface area contributed by atoms with Crippen molar-refractivity contribution in [3.63, 3.8) is 0 Å². The standard InChI is InChI=1S/C17H18BrN5O2S/c1-4-19-15(24)23-16-22-12-6-9(5-11(18)13(12)26-16)10-7-20-14(21-8-10)17(2,3)25/h5-8,25H,4H2,1-3H3,(H2,19,22,23,24). The van der Waals surface area contributed by atoms with E-state index in [4.69, 9.17) is 0 Å². The summed E-state index contributed by atoms with van der Waals surface area (Å²) in [4.78, 5) is 24.6. The van der Waals surface area contributed by atoms with Gasteiger partial charge < -0.3 is 10.4 Å². The topological polar surface area (TPSA) is 100 Å². The van der Waals surface area contributed by atoms with Crippen LogP contribution < -0.4 is 10.6 Å². The van der Waals surface area contributed by atoms with Crippen LogP contribution in [0.15, 0.2) is 29.0 Å². The number of nitrogens with zero attached hydrogens (tertiary/aromatic N) is 3. The third kappa shape index (κ3) is 4.00. The summed E-state index contributed by atoms with van der Waals surface area (Å²) in [5, 5.41) is 15.9. The predicted molar refractivity (Wildman–Crippen MR) is 106 cm³/mol. The number of hydrogen-bond donors (Lipinski definition) is 3. The molecule has 0 radical (unpaired) electrons. The molecule has 136 valence electrons. The number of aromatic nitrogens is 3. The maximum atomic E-state index is 11.7. The molecule has 9 heteroatoms. The number of thiazole rings is 1. The van der Waals surface area contributed by atoms with Gasteiger partial charge in [-0.3, -0.25) is 5.32 Å². The van der Waals surface area contributed by atoms with E-state index in [1.54, 1.807) is 26.2 Å². The average Bonchev–Trinajstić information content (AvgIpc) is 2.97. The summed E-state index contributed by atoms with van der Waals surface area (Å²) in [5.74, 6) is 0.364. The van der Waals surface area contributed by atoms with Gasteiger partial charge in [-0.05, 0) is 54.4 Å². The quantitative estimate of drug-likeness (QED) is 0.576. The van der Waals surface area contributed by atoms with Crippen LogP contribution in [-0.4, -0.2) is 32.6 Å². The van der Waals surface area contributed by atoms with Gasteiger partial charge >= 0.3 is 6.03 Å². The summed E-state index contributed by atoms with van der Waals surface area (Å²) < 4.78 is 1.81. The van der Waals surface area contributed by atoms with Crippen molar-refractivity contribution in [3.8, 4) is 11.1 Å². The maximum Gasteiger partial charge on any atom is 0.321 e. The summed E-state index contributed by atoms with van der Waals surface area (Å²) in [6.07, 6.45) is 3.35. The molecule has 0 aliphatic carbocycles. The number of halogens is 1. The molecule has 3 aromatic rings. The second-order valence-corrected chi connectivity index (χ2v) is 8.02. The smallest absolute Gasteiger partial charge is 0.321 e. The Morgan fingerprint density at radius 2 is 1.96 bits per heavy atom. The van der Waals surface area contributed by atoms with Crippen molar-refractivity contribution in [2.45, 2.75) is 26.4 Å². The van der Waals surface area contributed by atoms with Crippen LogP contribution in [0.3, 0.4) is 0 Å². The molecule has 7 nitrogen and oxygen atoms in total. The molecule has 3 N–H and O–H groups in total. The highest BCUT2D eigenvalue weighted by atomic mass is 79.9. The first-order valence-electron chi connectivity index (χ1n) is 7.98. The lowest BCUT2D eigenvalue weighted by atomic mass is 10.1. The molecule has 2 heterocycles. The highest BCUT2D eigenvalue weighted by Gasteiger charge is 2.19.